The van der Waals surface area contributed by atoms with Crippen molar-refractivity contribution in [2.45, 2.75) is 39.0 Å². The monoisotopic (exact) mass is 450 g/mol. The molecule has 3 heterocycles. The van der Waals surface area contributed by atoms with E-state index in [9.17, 15) is 14.3 Å². The van der Waals surface area contributed by atoms with Crippen molar-refractivity contribution < 1.29 is 14.3 Å². The zero-order valence-corrected chi connectivity index (χ0v) is 18.9. The van der Waals surface area contributed by atoms with Gasteiger partial charge in [-0.25, -0.2) is 14.4 Å². The van der Waals surface area contributed by atoms with Crippen LogP contribution in [-0.4, -0.2) is 70.5 Å². The number of piperazine rings is 1. The maximum absolute atomic E-state index is 14.4. The average molecular weight is 451 g/mol. The molecule has 1 N–H and O–H groups in total. The van der Waals surface area contributed by atoms with Gasteiger partial charge in [-0.3, -0.25) is 9.69 Å². The Bertz CT molecular complexity index is 1110. The first-order chi connectivity index (χ1) is 15.8. The van der Waals surface area contributed by atoms with Gasteiger partial charge in [-0.2, -0.15) is 10.4 Å². The smallest absolute Gasteiger partial charge is 0.255 e. The molecule has 2 unspecified atom stereocenters. The minimum absolute atomic E-state index is 0.0371. The Kier molecular flexibility index (Phi) is 6.40. The van der Waals surface area contributed by atoms with E-state index in [1.165, 1.54) is 23.5 Å². The van der Waals surface area contributed by atoms with Crippen molar-refractivity contribution in [2.75, 3.05) is 31.2 Å². The summed E-state index contributed by atoms with van der Waals surface area (Å²) in [5.41, 5.74) is 1.30. The van der Waals surface area contributed by atoms with Crippen LogP contribution in [0.5, 0.6) is 0 Å². The number of likely N-dealkylation sites (N-methyl/N-ethyl adjacent to an activating group) is 1. The summed E-state index contributed by atoms with van der Waals surface area (Å²) in [6, 6.07) is 8.50. The Morgan fingerprint density at radius 1 is 1.30 bits per heavy atom. The van der Waals surface area contributed by atoms with Gasteiger partial charge in [-0.05, 0) is 49.7 Å². The van der Waals surface area contributed by atoms with Gasteiger partial charge in [0.25, 0.3) is 5.91 Å². The number of hydrogen-bond acceptors (Lipinski definition) is 7. The molecule has 1 fully saturated rings. The third kappa shape index (κ3) is 4.19. The number of halogens is 1. The lowest BCUT2D eigenvalue weighted by atomic mass is 9.93. The molecule has 9 heteroatoms. The number of anilines is 1. The molecule has 2 aromatic rings. The van der Waals surface area contributed by atoms with Crippen LogP contribution in [0.4, 0.5) is 10.2 Å². The lowest BCUT2D eigenvalue weighted by Crippen LogP contribution is -2.53. The molecule has 3 atom stereocenters. The van der Waals surface area contributed by atoms with E-state index in [-0.39, 0.29) is 11.5 Å². The standard InChI is InChI=1S/C24H27FN6O2/c1-4-29-9-10-30(14-15(29)2)23(32)18-6-8-21(27-12-18)31-24(33)20(13-28-31)19-7-5-17(11-26)22(25)16(19)3/h5-8,12-13,15,20,24,33H,4,9-10,14H2,1-3H3/t15-,20?,24?/m0/s1. The van der Waals surface area contributed by atoms with Crippen LogP contribution in [0.15, 0.2) is 35.6 Å². The van der Waals surface area contributed by atoms with Crippen molar-refractivity contribution in [3.63, 3.8) is 0 Å². The van der Waals surface area contributed by atoms with E-state index in [1.807, 2.05) is 11.0 Å². The van der Waals surface area contributed by atoms with Crippen LogP contribution in [-0.2, 0) is 0 Å². The first-order valence-electron chi connectivity index (χ1n) is 11.1. The summed E-state index contributed by atoms with van der Waals surface area (Å²) in [6.07, 6.45) is 1.94. The number of carbonyl (C=O) groups excluding carboxylic acids is 1. The van der Waals surface area contributed by atoms with Crippen LogP contribution >= 0.6 is 0 Å². The first kappa shape index (κ1) is 22.8. The zero-order chi connectivity index (χ0) is 23.7. The molecule has 2 aliphatic rings. The summed E-state index contributed by atoms with van der Waals surface area (Å²) >= 11 is 0. The Morgan fingerprint density at radius 3 is 2.73 bits per heavy atom. The van der Waals surface area contributed by atoms with Crippen molar-refractivity contribution in [3.05, 3.63) is 58.5 Å². The molecular weight excluding hydrogens is 423 g/mol. The van der Waals surface area contributed by atoms with E-state index < -0.39 is 18.0 Å². The molecule has 0 radical (unpaired) electrons. The quantitative estimate of drug-likeness (QED) is 0.769. The minimum Gasteiger partial charge on any atom is -0.371 e. The lowest BCUT2D eigenvalue weighted by Gasteiger charge is -2.39. The summed E-state index contributed by atoms with van der Waals surface area (Å²) in [7, 11) is 0. The fourth-order valence-electron chi connectivity index (χ4n) is 4.50. The number of rotatable bonds is 4. The number of hydrazone groups is 1. The van der Waals surface area contributed by atoms with Gasteiger partial charge in [-0.1, -0.05) is 13.0 Å². The number of nitriles is 1. The molecule has 2 aliphatic heterocycles. The molecule has 0 saturated carbocycles. The number of pyridine rings is 1. The van der Waals surface area contributed by atoms with Crippen molar-refractivity contribution in [1.29, 1.82) is 5.26 Å². The molecular formula is C24H27FN6O2. The zero-order valence-electron chi connectivity index (χ0n) is 18.9. The summed E-state index contributed by atoms with van der Waals surface area (Å²) in [5.74, 6) is -0.853. The van der Waals surface area contributed by atoms with Crippen molar-refractivity contribution in [2.24, 2.45) is 5.10 Å². The van der Waals surface area contributed by atoms with Crippen LogP contribution in [0.1, 0.15) is 46.8 Å². The first-order valence-corrected chi connectivity index (χ1v) is 11.1. The molecule has 0 bridgehead atoms. The largest absolute Gasteiger partial charge is 0.371 e. The van der Waals surface area contributed by atoms with Crippen LogP contribution in [0.25, 0.3) is 0 Å². The number of amides is 1. The van der Waals surface area contributed by atoms with E-state index in [0.717, 1.165) is 13.1 Å². The highest BCUT2D eigenvalue weighted by atomic mass is 19.1. The fraction of sp³-hybridized carbons (Fsp3) is 0.417. The Labute approximate surface area is 192 Å². The number of nitrogens with zero attached hydrogens (tertiary/aromatic N) is 6. The Balaban J connectivity index is 1.47. The molecule has 8 nitrogen and oxygen atoms in total. The predicted octanol–water partition coefficient (Wildman–Crippen LogP) is 2.48. The second-order valence-electron chi connectivity index (χ2n) is 8.44. The van der Waals surface area contributed by atoms with Crippen LogP contribution in [0.2, 0.25) is 0 Å². The summed E-state index contributed by atoms with van der Waals surface area (Å²) in [5, 5.41) is 25.5. The van der Waals surface area contributed by atoms with Crippen LogP contribution in [0, 0.1) is 24.1 Å². The van der Waals surface area contributed by atoms with Crippen molar-refractivity contribution >= 4 is 17.9 Å². The van der Waals surface area contributed by atoms with Gasteiger partial charge in [0.05, 0.1) is 17.0 Å². The lowest BCUT2D eigenvalue weighted by molar-refractivity contribution is 0.0528. The van der Waals surface area contributed by atoms with E-state index in [2.05, 4.69) is 28.8 Å². The Hall–Kier alpha value is -3.35. The molecule has 0 spiro atoms. The number of aliphatic hydroxyl groups is 1. The number of hydrogen-bond donors (Lipinski definition) is 1. The normalized spacial score (nSPS) is 23.1. The number of carbonyl (C=O) groups is 1. The molecule has 33 heavy (non-hydrogen) atoms. The molecule has 172 valence electrons. The van der Waals surface area contributed by atoms with Gasteiger partial charge >= 0.3 is 0 Å². The minimum atomic E-state index is -1.09. The van der Waals surface area contributed by atoms with Gasteiger partial charge < -0.3 is 10.0 Å². The summed E-state index contributed by atoms with van der Waals surface area (Å²) in [6.45, 7) is 8.98. The van der Waals surface area contributed by atoms with E-state index in [4.69, 9.17) is 5.26 Å². The SMILES string of the molecule is CCN1CCN(C(=O)c2ccc(N3N=CC(c4ccc(C#N)c(F)c4C)C3O)nc2)C[C@@H]1C. The van der Waals surface area contributed by atoms with Crippen LogP contribution in [0.3, 0.4) is 0 Å². The van der Waals surface area contributed by atoms with Gasteiger partial charge in [0.15, 0.2) is 12.0 Å². The molecule has 0 aliphatic carbocycles. The highest BCUT2D eigenvalue weighted by Gasteiger charge is 2.34. The maximum atomic E-state index is 14.4. The Morgan fingerprint density at radius 2 is 2.09 bits per heavy atom. The highest BCUT2D eigenvalue weighted by molar-refractivity contribution is 5.94. The molecule has 1 amide bonds. The van der Waals surface area contributed by atoms with Gasteiger partial charge in [0.2, 0.25) is 0 Å². The molecule has 4 rings (SSSR count). The van der Waals surface area contributed by atoms with E-state index >= 15 is 0 Å². The third-order valence-corrected chi connectivity index (χ3v) is 6.52. The fourth-order valence-corrected chi connectivity index (χ4v) is 4.50. The van der Waals surface area contributed by atoms with Crippen molar-refractivity contribution in [3.8, 4) is 6.07 Å². The number of aliphatic hydroxyl groups excluding tert-OH is 1. The maximum Gasteiger partial charge on any atom is 0.255 e. The van der Waals surface area contributed by atoms with Gasteiger partial charge in [-0.15, -0.1) is 0 Å². The summed E-state index contributed by atoms with van der Waals surface area (Å²) < 4.78 is 14.4. The summed E-state index contributed by atoms with van der Waals surface area (Å²) in [4.78, 5) is 21.4. The second-order valence-corrected chi connectivity index (χ2v) is 8.44. The molecule has 1 aromatic heterocycles. The van der Waals surface area contributed by atoms with E-state index in [0.29, 0.717) is 41.6 Å². The third-order valence-electron chi connectivity index (χ3n) is 6.52. The topological polar surface area (TPSA) is 96.1 Å². The molecule has 1 aromatic carbocycles. The predicted molar refractivity (Wildman–Crippen MR) is 122 cm³/mol. The second kappa shape index (κ2) is 9.25. The van der Waals surface area contributed by atoms with Crippen LogP contribution < -0.4 is 5.01 Å². The van der Waals surface area contributed by atoms with E-state index in [1.54, 1.807) is 25.1 Å². The molecule has 1 saturated heterocycles. The number of aromatic nitrogens is 1. The average Bonchev–Trinajstić information content (AvgIpc) is 3.21. The van der Waals surface area contributed by atoms with Crippen molar-refractivity contribution in [1.82, 2.24) is 14.8 Å². The number of benzene rings is 1. The van der Waals surface area contributed by atoms with Gasteiger partial charge in [0.1, 0.15) is 11.9 Å². The highest BCUT2D eigenvalue weighted by Crippen LogP contribution is 2.32. The van der Waals surface area contributed by atoms with Gasteiger partial charge in [0, 0.05) is 38.1 Å².